The minimum absolute atomic E-state index is 0.272. The topological polar surface area (TPSA) is 56.5 Å². The highest BCUT2D eigenvalue weighted by Crippen LogP contribution is 2.15. The Morgan fingerprint density at radius 1 is 1.14 bits per heavy atom. The molecule has 0 radical (unpaired) electrons. The largest absolute Gasteiger partial charge is 0.236 e. The van der Waals surface area contributed by atoms with E-state index in [4.69, 9.17) is 0 Å². The first-order chi connectivity index (χ1) is 6.59. The lowest BCUT2D eigenvalue weighted by molar-refractivity contribution is 0.526. The van der Waals surface area contributed by atoms with Crippen molar-refractivity contribution in [3.8, 4) is 0 Å². The van der Waals surface area contributed by atoms with Crippen LogP contribution in [0.15, 0.2) is 0 Å². The van der Waals surface area contributed by atoms with Crippen LogP contribution in [0.3, 0.4) is 0 Å². The molecule has 0 unspecified atom stereocenters. The molecule has 0 fully saturated rings. The van der Waals surface area contributed by atoms with Crippen LogP contribution < -0.4 is 0 Å². The van der Waals surface area contributed by atoms with Crippen molar-refractivity contribution in [2.75, 3.05) is 0 Å². The maximum Gasteiger partial charge on any atom is 0.182 e. The average molecular weight is 191 g/mol. The molecule has 0 bridgehead atoms. The summed E-state index contributed by atoms with van der Waals surface area (Å²) in [7, 11) is 0. The van der Waals surface area contributed by atoms with E-state index < -0.39 is 0 Å². The standard InChI is InChI=1S/C9H13N5/c1-5(2)14-9-8(12-13-14)6(3)10-7(4)11-9/h5H,1-4H3. The van der Waals surface area contributed by atoms with E-state index in [1.54, 1.807) is 0 Å². The summed E-state index contributed by atoms with van der Waals surface area (Å²) in [5, 5.41) is 8.13. The molecule has 0 aromatic carbocycles. The van der Waals surface area contributed by atoms with Gasteiger partial charge in [-0.15, -0.1) is 5.10 Å². The molecule has 0 aliphatic rings. The Bertz CT molecular complexity index is 471. The van der Waals surface area contributed by atoms with Crippen molar-refractivity contribution in [1.82, 2.24) is 25.0 Å². The third kappa shape index (κ3) is 1.25. The molecule has 0 saturated carbocycles. The quantitative estimate of drug-likeness (QED) is 0.684. The minimum atomic E-state index is 0.272. The van der Waals surface area contributed by atoms with Gasteiger partial charge in [-0.3, -0.25) is 0 Å². The molecule has 5 heteroatoms. The maximum atomic E-state index is 4.34. The average Bonchev–Trinajstić information content (AvgIpc) is 2.47. The van der Waals surface area contributed by atoms with Crippen LogP contribution in [0.4, 0.5) is 0 Å². The van der Waals surface area contributed by atoms with Crippen LogP contribution in [-0.2, 0) is 0 Å². The first kappa shape index (κ1) is 9.05. The molecule has 2 heterocycles. The molecule has 5 nitrogen and oxygen atoms in total. The number of aryl methyl sites for hydroxylation is 2. The maximum absolute atomic E-state index is 4.34. The summed E-state index contributed by atoms with van der Waals surface area (Å²) < 4.78 is 1.82. The molecule has 0 saturated heterocycles. The molecule has 0 spiro atoms. The van der Waals surface area contributed by atoms with Crippen LogP contribution in [-0.4, -0.2) is 25.0 Å². The third-order valence-electron chi connectivity index (χ3n) is 2.10. The van der Waals surface area contributed by atoms with Gasteiger partial charge in [-0.1, -0.05) is 5.21 Å². The predicted octanol–water partition coefficient (Wildman–Crippen LogP) is 1.42. The Morgan fingerprint density at radius 3 is 2.50 bits per heavy atom. The number of nitrogens with zero attached hydrogens (tertiary/aromatic N) is 5. The normalized spacial score (nSPS) is 11.5. The van der Waals surface area contributed by atoms with Gasteiger partial charge in [-0.2, -0.15) is 0 Å². The third-order valence-corrected chi connectivity index (χ3v) is 2.10. The molecular formula is C9H13N5. The number of aromatic nitrogens is 5. The van der Waals surface area contributed by atoms with Crippen LogP contribution in [0.25, 0.3) is 11.2 Å². The van der Waals surface area contributed by atoms with Crippen molar-refractivity contribution in [3.05, 3.63) is 11.5 Å². The fourth-order valence-corrected chi connectivity index (χ4v) is 1.45. The van der Waals surface area contributed by atoms with Gasteiger partial charge >= 0.3 is 0 Å². The first-order valence-electron chi connectivity index (χ1n) is 4.65. The lowest BCUT2D eigenvalue weighted by Gasteiger charge is -2.04. The summed E-state index contributed by atoms with van der Waals surface area (Å²) in [5.41, 5.74) is 2.51. The lowest BCUT2D eigenvalue weighted by Crippen LogP contribution is -2.04. The van der Waals surface area contributed by atoms with Crippen LogP contribution >= 0.6 is 0 Å². The summed E-state index contributed by atoms with van der Waals surface area (Å²) in [6, 6.07) is 0.272. The molecule has 74 valence electrons. The van der Waals surface area contributed by atoms with Crippen LogP contribution in [0.5, 0.6) is 0 Å². The van der Waals surface area contributed by atoms with E-state index in [1.165, 1.54) is 0 Å². The number of hydrogen-bond acceptors (Lipinski definition) is 4. The lowest BCUT2D eigenvalue weighted by atomic mass is 10.3. The summed E-state index contributed by atoms with van der Waals surface area (Å²) in [6.45, 7) is 7.92. The molecular weight excluding hydrogens is 178 g/mol. The molecule has 2 aromatic rings. The number of rotatable bonds is 1. The van der Waals surface area contributed by atoms with Gasteiger partial charge < -0.3 is 0 Å². The second-order valence-electron chi connectivity index (χ2n) is 3.66. The van der Waals surface area contributed by atoms with E-state index in [-0.39, 0.29) is 6.04 Å². The Hall–Kier alpha value is -1.52. The second kappa shape index (κ2) is 3.01. The van der Waals surface area contributed by atoms with Gasteiger partial charge in [0.2, 0.25) is 0 Å². The second-order valence-corrected chi connectivity index (χ2v) is 3.66. The van der Waals surface area contributed by atoms with Crippen LogP contribution in [0, 0.1) is 13.8 Å². The minimum Gasteiger partial charge on any atom is -0.236 e. The highest BCUT2D eigenvalue weighted by Gasteiger charge is 2.11. The molecule has 0 aliphatic carbocycles. The van der Waals surface area contributed by atoms with Gasteiger partial charge in [-0.25, -0.2) is 14.6 Å². The van der Waals surface area contributed by atoms with E-state index in [2.05, 4.69) is 34.1 Å². The smallest absolute Gasteiger partial charge is 0.182 e. The van der Waals surface area contributed by atoms with Gasteiger partial charge in [0.1, 0.15) is 5.82 Å². The fourth-order valence-electron chi connectivity index (χ4n) is 1.45. The van der Waals surface area contributed by atoms with Crippen molar-refractivity contribution >= 4 is 11.2 Å². The molecule has 0 atom stereocenters. The van der Waals surface area contributed by atoms with Gasteiger partial charge in [0, 0.05) is 0 Å². The van der Waals surface area contributed by atoms with E-state index in [0.29, 0.717) is 0 Å². The Balaban J connectivity index is 2.78. The van der Waals surface area contributed by atoms with Crippen molar-refractivity contribution in [3.63, 3.8) is 0 Å². The summed E-state index contributed by atoms with van der Waals surface area (Å²) in [4.78, 5) is 8.59. The molecule has 0 aliphatic heterocycles. The first-order valence-corrected chi connectivity index (χ1v) is 4.65. The van der Waals surface area contributed by atoms with Gasteiger partial charge in [0.25, 0.3) is 0 Å². The SMILES string of the molecule is Cc1nc(C)c2nnn(C(C)C)c2n1. The van der Waals surface area contributed by atoms with Crippen LogP contribution in [0.1, 0.15) is 31.4 Å². The molecule has 0 N–H and O–H groups in total. The molecule has 2 aromatic heterocycles. The zero-order chi connectivity index (χ0) is 10.3. The Labute approximate surface area is 82.2 Å². The van der Waals surface area contributed by atoms with Gasteiger partial charge in [-0.05, 0) is 27.7 Å². The summed E-state index contributed by atoms with van der Waals surface area (Å²) in [5.74, 6) is 0.763. The molecule has 14 heavy (non-hydrogen) atoms. The Kier molecular flexibility index (Phi) is 1.94. The van der Waals surface area contributed by atoms with Crippen molar-refractivity contribution < 1.29 is 0 Å². The number of hydrogen-bond donors (Lipinski definition) is 0. The van der Waals surface area contributed by atoms with Crippen molar-refractivity contribution in [1.29, 1.82) is 0 Å². The predicted molar refractivity (Wildman–Crippen MR) is 53.0 cm³/mol. The summed E-state index contributed by atoms with van der Waals surface area (Å²) >= 11 is 0. The van der Waals surface area contributed by atoms with E-state index in [9.17, 15) is 0 Å². The highest BCUT2D eigenvalue weighted by molar-refractivity contribution is 5.72. The summed E-state index contributed by atoms with van der Waals surface area (Å²) in [6.07, 6.45) is 0. The zero-order valence-corrected chi connectivity index (χ0v) is 8.81. The van der Waals surface area contributed by atoms with E-state index >= 15 is 0 Å². The van der Waals surface area contributed by atoms with Gasteiger partial charge in [0.15, 0.2) is 11.2 Å². The highest BCUT2D eigenvalue weighted by atomic mass is 15.5. The fraction of sp³-hybridized carbons (Fsp3) is 0.556. The molecule has 2 rings (SSSR count). The van der Waals surface area contributed by atoms with Gasteiger partial charge in [0.05, 0.1) is 11.7 Å². The van der Waals surface area contributed by atoms with Crippen molar-refractivity contribution in [2.24, 2.45) is 0 Å². The monoisotopic (exact) mass is 191 g/mol. The van der Waals surface area contributed by atoms with Crippen molar-refractivity contribution in [2.45, 2.75) is 33.7 Å². The van der Waals surface area contributed by atoms with E-state index in [1.807, 2.05) is 18.5 Å². The Morgan fingerprint density at radius 2 is 1.86 bits per heavy atom. The van der Waals surface area contributed by atoms with E-state index in [0.717, 1.165) is 22.7 Å². The van der Waals surface area contributed by atoms with Crippen LogP contribution in [0.2, 0.25) is 0 Å². The molecule has 0 amide bonds. The number of fused-ring (bicyclic) bond motifs is 1. The zero-order valence-electron chi connectivity index (χ0n) is 8.81.